The first-order valence-electron chi connectivity index (χ1n) is 5.62. The van der Waals surface area contributed by atoms with Gasteiger partial charge in [-0.15, -0.1) is 0 Å². The highest BCUT2D eigenvalue weighted by molar-refractivity contribution is 5.93. The van der Waals surface area contributed by atoms with Crippen molar-refractivity contribution in [2.24, 2.45) is 0 Å². The minimum atomic E-state index is -0.373. The molecule has 1 saturated carbocycles. The van der Waals surface area contributed by atoms with E-state index in [0.29, 0.717) is 5.56 Å². The fourth-order valence-corrected chi connectivity index (χ4v) is 2.99. The summed E-state index contributed by atoms with van der Waals surface area (Å²) in [5, 5.41) is 0. The highest BCUT2D eigenvalue weighted by Crippen LogP contribution is 2.51. The summed E-state index contributed by atoms with van der Waals surface area (Å²) in [5.41, 5.74) is 2.60. The number of carbonyl (C=O) groups is 1. The maximum absolute atomic E-state index is 11.9. The van der Waals surface area contributed by atoms with Crippen molar-refractivity contribution in [3.05, 3.63) is 47.5 Å². The van der Waals surface area contributed by atoms with E-state index in [9.17, 15) is 4.79 Å². The molecule has 1 aromatic rings. The Labute approximate surface area is 94.9 Å². The summed E-state index contributed by atoms with van der Waals surface area (Å²) < 4.78 is 5.59. The maximum Gasteiger partial charge on any atom is 0.339 e. The van der Waals surface area contributed by atoms with Crippen molar-refractivity contribution in [1.29, 1.82) is 0 Å². The number of benzene rings is 1. The van der Waals surface area contributed by atoms with Gasteiger partial charge in [-0.25, -0.2) is 4.79 Å². The van der Waals surface area contributed by atoms with E-state index in [1.165, 1.54) is 5.57 Å². The van der Waals surface area contributed by atoms with Gasteiger partial charge in [-0.2, -0.15) is 0 Å². The van der Waals surface area contributed by atoms with Crippen molar-refractivity contribution in [3.8, 4) is 0 Å². The van der Waals surface area contributed by atoms with Crippen LogP contribution in [0, 0.1) is 0 Å². The highest BCUT2D eigenvalue weighted by Gasteiger charge is 2.49. The summed E-state index contributed by atoms with van der Waals surface area (Å²) in [5.74, 6) is -0.00884. The molecule has 16 heavy (non-hydrogen) atoms. The zero-order valence-corrected chi connectivity index (χ0v) is 9.32. The van der Waals surface area contributed by atoms with Crippen LogP contribution in [0.2, 0.25) is 0 Å². The zero-order valence-electron chi connectivity index (χ0n) is 9.32. The van der Waals surface area contributed by atoms with Crippen LogP contribution in [0.4, 0.5) is 0 Å². The maximum atomic E-state index is 11.9. The molecule has 1 aliphatic carbocycles. The Kier molecular flexibility index (Phi) is 1.79. The summed E-state index contributed by atoms with van der Waals surface area (Å²) >= 11 is 0. The fourth-order valence-electron chi connectivity index (χ4n) is 2.99. The van der Waals surface area contributed by atoms with Gasteiger partial charge in [0.1, 0.15) is 5.60 Å². The molecular weight excluding hydrogens is 200 g/mol. The molecule has 2 nitrogen and oxygen atoms in total. The largest absolute Gasteiger partial charge is 0.455 e. The average molecular weight is 214 g/mol. The van der Waals surface area contributed by atoms with Crippen LogP contribution in [0.5, 0.6) is 0 Å². The number of carbonyl (C=O) groups excluding carboxylic acids is 1. The third kappa shape index (κ3) is 1.10. The first-order chi connectivity index (χ1) is 7.62. The third-order valence-corrected chi connectivity index (χ3v) is 3.78. The van der Waals surface area contributed by atoms with Crippen molar-refractivity contribution in [2.75, 3.05) is 0 Å². The van der Waals surface area contributed by atoms with Gasteiger partial charge in [0.2, 0.25) is 0 Å². The van der Waals surface area contributed by atoms with Gasteiger partial charge in [0.15, 0.2) is 0 Å². The van der Waals surface area contributed by atoms with E-state index < -0.39 is 0 Å². The predicted octanol–water partition coefficient (Wildman–Crippen LogP) is 3.05. The van der Waals surface area contributed by atoms with Crippen LogP contribution < -0.4 is 0 Å². The number of fused-ring (bicyclic) bond motifs is 3. The van der Waals surface area contributed by atoms with Gasteiger partial charge in [0, 0.05) is 5.92 Å². The van der Waals surface area contributed by atoms with E-state index in [-0.39, 0.29) is 17.5 Å². The van der Waals surface area contributed by atoms with E-state index in [2.05, 4.69) is 6.58 Å². The molecule has 3 rings (SSSR count). The molecule has 0 aromatic heterocycles. The molecule has 2 atom stereocenters. The summed E-state index contributed by atoms with van der Waals surface area (Å²) in [6.45, 7) is 6.13. The van der Waals surface area contributed by atoms with E-state index in [1.807, 2.05) is 31.2 Å². The lowest BCUT2D eigenvalue weighted by Gasteiger charge is -2.37. The monoisotopic (exact) mass is 214 g/mol. The Balaban J connectivity index is 2.23. The van der Waals surface area contributed by atoms with Crippen LogP contribution >= 0.6 is 0 Å². The Morgan fingerprint density at radius 2 is 2.19 bits per heavy atom. The molecule has 0 radical (unpaired) electrons. The molecule has 1 aliphatic heterocycles. The zero-order chi connectivity index (χ0) is 11.3. The van der Waals surface area contributed by atoms with Crippen molar-refractivity contribution >= 4 is 5.97 Å². The van der Waals surface area contributed by atoms with Crippen LogP contribution in [0.3, 0.4) is 0 Å². The molecular formula is C14H14O2. The molecule has 82 valence electrons. The fraction of sp³-hybridized carbons (Fsp3) is 0.357. The molecule has 0 saturated heterocycles. The summed E-state index contributed by atoms with van der Waals surface area (Å²) in [6, 6.07) is 7.71. The van der Waals surface area contributed by atoms with E-state index in [4.69, 9.17) is 4.74 Å². The minimum absolute atomic E-state index is 0.182. The second-order valence-corrected chi connectivity index (χ2v) is 4.88. The summed E-state index contributed by atoms with van der Waals surface area (Å²) in [7, 11) is 0. The van der Waals surface area contributed by atoms with Crippen molar-refractivity contribution in [2.45, 2.75) is 31.3 Å². The number of ether oxygens (including phenoxy) is 1. The molecule has 0 spiro atoms. The van der Waals surface area contributed by atoms with E-state index in [0.717, 1.165) is 18.4 Å². The van der Waals surface area contributed by atoms with Gasteiger partial charge < -0.3 is 4.74 Å². The first-order valence-corrected chi connectivity index (χ1v) is 5.62. The van der Waals surface area contributed by atoms with Gasteiger partial charge in [-0.1, -0.05) is 30.4 Å². The second-order valence-electron chi connectivity index (χ2n) is 4.88. The minimum Gasteiger partial charge on any atom is -0.455 e. The lowest BCUT2D eigenvalue weighted by Crippen LogP contribution is -2.39. The number of esters is 1. The van der Waals surface area contributed by atoms with Crippen molar-refractivity contribution in [3.63, 3.8) is 0 Å². The summed E-state index contributed by atoms with van der Waals surface area (Å²) in [6.07, 6.45) is 1.83. The molecule has 0 unspecified atom stereocenters. The van der Waals surface area contributed by atoms with Gasteiger partial charge in [0.25, 0.3) is 0 Å². The van der Waals surface area contributed by atoms with Gasteiger partial charge in [0.05, 0.1) is 5.56 Å². The quantitative estimate of drug-likeness (QED) is 0.490. The Hall–Kier alpha value is -1.57. The topological polar surface area (TPSA) is 26.3 Å². The molecule has 0 bridgehead atoms. The molecule has 0 amide bonds. The molecule has 1 heterocycles. The summed E-state index contributed by atoms with van der Waals surface area (Å²) in [4.78, 5) is 11.9. The standard InChI is InChI=1S/C14H14O2/c1-9-7-8-14(2)12(9)10-5-3-4-6-11(10)13(15)16-14/h3-6,12H,1,7-8H2,2H3/t12-,14-/m1/s1. The average Bonchev–Trinajstić information content (AvgIpc) is 2.55. The lowest BCUT2D eigenvalue weighted by molar-refractivity contribution is -0.0185. The van der Waals surface area contributed by atoms with E-state index in [1.54, 1.807) is 0 Å². The SMILES string of the molecule is C=C1CC[C@@]2(C)OC(=O)c3ccccc3[C@@H]12. The molecule has 1 aromatic carbocycles. The predicted molar refractivity (Wildman–Crippen MR) is 61.4 cm³/mol. The van der Waals surface area contributed by atoms with Crippen molar-refractivity contribution in [1.82, 2.24) is 0 Å². The number of hydrogen-bond donors (Lipinski definition) is 0. The first kappa shape index (κ1) is 9.64. The lowest BCUT2D eigenvalue weighted by atomic mass is 9.80. The third-order valence-electron chi connectivity index (χ3n) is 3.78. The van der Waals surface area contributed by atoms with Gasteiger partial charge in [-0.3, -0.25) is 0 Å². The van der Waals surface area contributed by atoms with Crippen molar-refractivity contribution < 1.29 is 9.53 Å². The molecule has 0 N–H and O–H groups in total. The molecule has 1 fully saturated rings. The second kappa shape index (κ2) is 2.97. The molecule has 2 aliphatic rings. The van der Waals surface area contributed by atoms with Crippen LogP contribution in [0.1, 0.15) is 41.6 Å². The Morgan fingerprint density at radius 1 is 1.44 bits per heavy atom. The Bertz CT molecular complexity index is 489. The van der Waals surface area contributed by atoms with E-state index >= 15 is 0 Å². The van der Waals surface area contributed by atoms with Crippen LogP contribution in [0.25, 0.3) is 0 Å². The van der Waals surface area contributed by atoms with Gasteiger partial charge in [-0.05, 0) is 31.4 Å². The Morgan fingerprint density at radius 3 is 3.00 bits per heavy atom. The normalized spacial score (nSPS) is 31.9. The molecule has 2 heteroatoms. The van der Waals surface area contributed by atoms with Crippen LogP contribution in [-0.4, -0.2) is 11.6 Å². The van der Waals surface area contributed by atoms with Crippen LogP contribution in [-0.2, 0) is 4.74 Å². The smallest absolute Gasteiger partial charge is 0.339 e. The van der Waals surface area contributed by atoms with Crippen LogP contribution in [0.15, 0.2) is 36.4 Å². The van der Waals surface area contributed by atoms with Gasteiger partial charge >= 0.3 is 5.97 Å². The number of rotatable bonds is 0. The highest BCUT2D eigenvalue weighted by atomic mass is 16.6. The number of hydrogen-bond acceptors (Lipinski definition) is 2.